The molecule has 0 unspecified atom stereocenters. The minimum Gasteiger partial charge on any atom is -0.384 e. The highest BCUT2D eigenvalue weighted by Crippen LogP contribution is 2.27. The number of nitrogen functional groups attached to an aromatic ring is 1. The first kappa shape index (κ1) is 21.9. The molecule has 4 heterocycles. The molecule has 8 heteroatoms. The summed E-state index contributed by atoms with van der Waals surface area (Å²) in [5.41, 5.74) is 9.11. The zero-order valence-corrected chi connectivity index (χ0v) is 17.7. The number of pyridine rings is 2. The number of nitrogens with two attached hydrogens (primary N) is 1. The molecule has 2 N–H and O–H groups in total. The molecule has 2 aliphatic rings. The van der Waals surface area contributed by atoms with Gasteiger partial charge in [-0.05, 0) is 85.5 Å². The molecular weight excluding hydrogens is 380 g/mol. The normalized spacial score (nSPS) is 18.3. The van der Waals surface area contributed by atoms with Gasteiger partial charge >= 0.3 is 5.82 Å². The number of nitro groups is 1. The average molecular weight is 411 g/mol. The highest BCUT2D eigenvalue weighted by molar-refractivity contribution is 5.66. The van der Waals surface area contributed by atoms with Gasteiger partial charge in [-0.25, -0.2) is 4.98 Å². The summed E-state index contributed by atoms with van der Waals surface area (Å²) < 4.78 is 0. The number of rotatable bonds is 3. The van der Waals surface area contributed by atoms with Crippen molar-refractivity contribution >= 4 is 17.2 Å². The van der Waals surface area contributed by atoms with Crippen molar-refractivity contribution in [3.05, 3.63) is 64.0 Å². The van der Waals surface area contributed by atoms with Crippen molar-refractivity contribution in [3.8, 4) is 0 Å². The Labute approximate surface area is 177 Å². The lowest BCUT2D eigenvalue weighted by Gasteiger charge is -2.28. The van der Waals surface area contributed by atoms with Crippen LogP contribution in [0, 0.1) is 10.1 Å². The Morgan fingerprint density at radius 3 is 2.33 bits per heavy atom. The van der Waals surface area contributed by atoms with E-state index in [9.17, 15) is 10.1 Å². The fourth-order valence-electron chi connectivity index (χ4n) is 3.72. The molecule has 0 aliphatic carbocycles. The standard InChI is InChI=1S/C11H13N3O2.C11H17N3/c1-13-6-4-9(5-7-13)10-2-3-11(12-8-10)14(15)16;1-14-6-4-9(5-7-14)10-2-3-11(12)13-8-10/h2-4,8H,5-7H2,1H3;2-3,8-9H,4-7H2,1H3,(H2,12,13). The second-order valence-electron chi connectivity index (χ2n) is 8.00. The van der Waals surface area contributed by atoms with Gasteiger partial charge in [-0.3, -0.25) is 0 Å². The summed E-state index contributed by atoms with van der Waals surface area (Å²) in [6, 6.07) is 7.22. The lowest BCUT2D eigenvalue weighted by molar-refractivity contribution is -0.389. The number of likely N-dealkylation sites (tertiary alicyclic amines) is 1. The van der Waals surface area contributed by atoms with Crippen LogP contribution in [0.1, 0.15) is 36.3 Å². The van der Waals surface area contributed by atoms with E-state index >= 15 is 0 Å². The number of hydrogen-bond acceptors (Lipinski definition) is 7. The molecule has 1 saturated heterocycles. The van der Waals surface area contributed by atoms with E-state index in [-0.39, 0.29) is 5.82 Å². The highest BCUT2D eigenvalue weighted by atomic mass is 16.6. The second-order valence-corrected chi connectivity index (χ2v) is 8.00. The molecule has 160 valence electrons. The zero-order valence-electron chi connectivity index (χ0n) is 17.7. The third kappa shape index (κ3) is 6.08. The van der Waals surface area contributed by atoms with E-state index in [0.29, 0.717) is 11.7 Å². The topological polar surface area (TPSA) is 101 Å². The Morgan fingerprint density at radius 1 is 1.03 bits per heavy atom. The van der Waals surface area contributed by atoms with Crippen molar-refractivity contribution in [2.24, 2.45) is 0 Å². The molecule has 0 amide bonds. The first-order valence-electron chi connectivity index (χ1n) is 10.3. The van der Waals surface area contributed by atoms with Gasteiger partial charge < -0.3 is 25.6 Å². The van der Waals surface area contributed by atoms with Crippen LogP contribution in [0.3, 0.4) is 0 Å². The van der Waals surface area contributed by atoms with Crippen molar-refractivity contribution < 1.29 is 4.92 Å². The Morgan fingerprint density at radius 2 is 1.80 bits per heavy atom. The van der Waals surface area contributed by atoms with Gasteiger partial charge in [0.05, 0.1) is 0 Å². The van der Waals surface area contributed by atoms with Gasteiger partial charge in [-0.1, -0.05) is 12.1 Å². The molecule has 8 nitrogen and oxygen atoms in total. The number of piperidine rings is 1. The maximum absolute atomic E-state index is 10.5. The van der Waals surface area contributed by atoms with Gasteiger partial charge in [0.15, 0.2) is 0 Å². The monoisotopic (exact) mass is 410 g/mol. The molecule has 2 aromatic rings. The first-order chi connectivity index (χ1) is 14.4. The quantitative estimate of drug-likeness (QED) is 0.612. The van der Waals surface area contributed by atoms with E-state index < -0.39 is 4.92 Å². The number of aromatic nitrogens is 2. The SMILES string of the molecule is CN1CC=C(c2ccc([N+](=O)[O-])nc2)CC1.CN1CCC(c2ccc(N)nc2)CC1. The fraction of sp³-hybridized carbons (Fsp3) is 0.455. The van der Waals surface area contributed by atoms with E-state index in [1.54, 1.807) is 12.3 Å². The third-order valence-corrected chi connectivity index (χ3v) is 5.72. The Balaban J connectivity index is 0.000000172. The van der Waals surface area contributed by atoms with Crippen molar-refractivity contribution in [3.63, 3.8) is 0 Å². The minimum absolute atomic E-state index is 0.0997. The maximum atomic E-state index is 10.5. The minimum atomic E-state index is -0.479. The van der Waals surface area contributed by atoms with E-state index in [0.717, 1.165) is 25.1 Å². The Bertz CT molecular complexity index is 858. The highest BCUT2D eigenvalue weighted by Gasteiger charge is 2.18. The summed E-state index contributed by atoms with van der Waals surface area (Å²) >= 11 is 0. The molecule has 0 aromatic carbocycles. The first-order valence-corrected chi connectivity index (χ1v) is 10.3. The predicted octanol–water partition coefficient (Wildman–Crippen LogP) is 3.18. The second kappa shape index (κ2) is 10.3. The molecule has 2 aromatic heterocycles. The van der Waals surface area contributed by atoms with Crippen LogP contribution in [0.5, 0.6) is 0 Å². The van der Waals surface area contributed by atoms with Crippen LogP contribution in [0.25, 0.3) is 5.57 Å². The van der Waals surface area contributed by atoms with Crippen molar-refractivity contribution in [1.29, 1.82) is 0 Å². The molecule has 4 rings (SSSR count). The Hall–Kier alpha value is -2.84. The summed E-state index contributed by atoms with van der Waals surface area (Å²) in [6.45, 7) is 4.32. The number of likely N-dealkylation sites (N-methyl/N-ethyl adjacent to an activating group) is 1. The molecule has 0 radical (unpaired) electrons. The smallest absolute Gasteiger partial charge is 0.363 e. The number of nitrogens with zero attached hydrogens (tertiary/aromatic N) is 5. The zero-order chi connectivity index (χ0) is 21.5. The summed E-state index contributed by atoms with van der Waals surface area (Å²) in [7, 11) is 4.25. The predicted molar refractivity (Wildman–Crippen MR) is 119 cm³/mol. The van der Waals surface area contributed by atoms with Crippen LogP contribution in [0.2, 0.25) is 0 Å². The molecule has 0 bridgehead atoms. The molecule has 0 spiro atoms. The molecule has 0 saturated carbocycles. The van der Waals surface area contributed by atoms with Crippen LogP contribution in [0.4, 0.5) is 11.6 Å². The molecular formula is C22H30N6O2. The van der Waals surface area contributed by atoms with Crippen LogP contribution in [-0.4, -0.2) is 65.0 Å². The van der Waals surface area contributed by atoms with Crippen molar-refractivity contribution in [2.45, 2.75) is 25.2 Å². The lowest BCUT2D eigenvalue weighted by atomic mass is 9.91. The number of anilines is 1. The van der Waals surface area contributed by atoms with Crippen LogP contribution in [0.15, 0.2) is 42.7 Å². The van der Waals surface area contributed by atoms with Gasteiger partial charge in [0.25, 0.3) is 0 Å². The molecule has 2 aliphatic heterocycles. The van der Waals surface area contributed by atoms with Gasteiger partial charge in [-0.2, -0.15) is 0 Å². The summed E-state index contributed by atoms with van der Waals surface area (Å²) in [6.07, 6.45) is 9.09. The van der Waals surface area contributed by atoms with Crippen LogP contribution >= 0.6 is 0 Å². The van der Waals surface area contributed by atoms with E-state index in [4.69, 9.17) is 5.73 Å². The van der Waals surface area contributed by atoms with Gasteiger partial charge in [0.1, 0.15) is 12.0 Å². The summed E-state index contributed by atoms with van der Waals surface area (Å²) in [4.78, 5) is 22.5. The maximum Gasteiger partial charge on any atom is 0.363 e. The Kier molecular flexibility index (Phi) is 7.48. The average Bonchev–Trinajstić information content (AvgIpc) is 2.76. The van der Waals surface area contributed by atoms with Gasteiger partial charge in [0.2, 0.25) is 0 Å². The largest absolute Gasteiger partial charge is 0.384 e. The number of hydrogen-bond donors (Lipinski definition) is 1. The van der Waals surface area contributed by atoms with Crippen LogP contribution < -0.4 is 5.73 Å². The summed E-state index contributed by atoms with van der Waals surface area (Å²) in [5.74, 6) is 1.19. The van der Waals surface area contributed by atoms with E-state index in [1.807, 2.05) is 12.3 Å². The van der Waals surface area contributed by atoms with Crippen LogP contribution in [-0.2, 0) is 0 Å². The van der Waals surface area contributed by atoms with Crippen molar-refractivity contribution in [1.82, 2.24) is 19.8 Å². The van der Waals surface area contributed by atoms with Crippen molar-refractivity contribution in [2.75, 3.05) is 46.0 Å². The fourth-order valence-corrected chi connectivity index (χ4v) is 3.72. The van der Waals surface area contributed by atoms with Gasteiger partial charge in [-0.15, -0.1) is 0 Å². The molecule has 1 fully saturated rings. The third-order valence-electron chi connectivity index (χ3n) is 5.72. The van der Waals surface area contributed by atoms with Gasteiger partial charge in [0, 0.05) is 30.9 Å². The molecule has 0 atom stereocenters. The molecule has 30 heavy (non-hydrogen) atoms. The lowest BCUT2D eigenvalue weighted by Crippen LogP contribution is -2.29. The van der Waals surface area contributed by atoms with E-state index in [2.05, 4.69) is 46.0 Å². The van der Waals surface area contributed by atoms with E-state index in [1.165, 1.54) is 43.1 Å². The summed E-state index contributed by atoms with van der Waals surface area (Å²) in [5, 5.41) is 10.5.